The van der Waals surface area contributed by atoms with E-state index in [1.54, 1.807) is 13.3 Å². The highest BCUT2D eigenvalue weighted by molar-refractivity contribution is 6.23. The predicted molar refractivity (Wildman–Crippen MR) is 141 cm³/mol. The van der Waals surface area contributed by atoms with Crippen LogP contribution in [0.2, 0.25) is 0 Å². The molecule has 3 heterocycles. The van der Waals surface area contributed by atoms with Crippen LogP contribution in [0, 0.1) is 0 Å². The number of halogens is 2. The minimum absolute atomic E-state index is 0.0534. The van der Waals surface area contributed by atoms with Gasteiger partial charge in [0.15, 0.2) is 0 Å². The zero-order chi connectivity index (χ0) is 26.7. The molecule has 1 fully saturated rings. The summed E-state index contributed by atoms with van der Waals surface area (Å²) in [5.41, 5.74) is 4.24. The quantitative estimate of drug-likeness (QED) is 0.237. The highest BCUT2D eigenvalue weighted by Crippen LogP contribution is 2.35. The summed E-state index contributed by atoms with van der Waals surface area (Å²) in [6.45, 7) is 11.3. The zero-order valence-corrected chi connectivity index (χ0v) is 22.1. The van der Waals surface area contributed by atoms with Crippen LogP contribution >= 0.6 is 0 Å². The molecule has 37 heavy (non-hydrogen) atoms. The molecule has 4 rings (SSSR count). The second-order valence-electron chi connectivity index (χ2n) is 9.70. The van der Waals surface area contributed by atoms with Crippen molar-refractivity contribution in [1.29, 1.82) is 0 Å². The fraction of sp³-hybridized carbons (Fsp3) is 0.519. The van der Waals surface area contributed by atoms with Gasteiger partial charge in [0.05, 0.1) is 49.2 Å². The third-order valence-corrected chi connectivity index (χ3v) is 6.54. The number of allylic oxidation sites excluding steroid dienone is 1. The Morgan fingerprint density at radius 2 is 1.89 bits per heavy atom. The fourth-order valence-corrected chi connectivity index (χ4v) is 4.70. The summed E-state index contributed by atoms with van der Waals surface area (Å²) in [5, 5.41) is 4.99. The second-order valence-corrected chi connectivity index (χ2v) is 9.70. The first-order valence-corrected chi connectivity index (χ1v) is 12.6. The summed E-state index contributed by atoms with van der Waals surface area (Å²) in [5.74, 6) is 1.40. The summed E-state index contributed by atoms with van der Waals surface area (Å²) < 4.78 is 38.3. The number of nitrogens with zero attached hydrogens (tertiary/aromatic N) is 5. The maximum atomic E-state index is 12.9. The van der Waals surface area contributed by atoms with Crippen LogP contribution in [0.4, 0.5) is 8.78 Å². The molecule has 0 amide bonds. The first-order valence-electron chi connectivity index (χ1n) is 12.6. The lowest BCUT2D eigenvalue weighted by molar-refractivity contribution is -0.135. The van der Waals surface area contributed by atoms with Crippen molar-refractivity contribution in [3.8, 4) is 5.75 Å². The van der Waals surface area contributed by atoms with Crippen LogP contribution < -0.4 is 4.74 Å². The number of benzene rings is 1. The Morgan fingerprint density at radius 1 is 1.16 bits per heavy atom. The molecular weight excluding hydrogens is 480 g/mol. The number of fused-ring (bicyclic) bond motifs is 3. The third kappa shape index (κ3) is 5.91. The summed E-state index contributed by atoms with van der Waals surface area (Å²) in [4.78, 5) is 17.3. The number of likely N-dealkylation sites (tertiary alicyclic amines) is 1. The smallest absolute Gasteiger partial charge is 0.345 e. The lowest BCUT2D eigenvalue weighted by atomic mass is 10.00. The van der Waals surface area contributed by atoms with Gasteiger partial charge in [-0.15, -0.1) is 0 Å². The summed E-state index contributed by atoms with van der Waals surface area (Å²) >= 11 is 0. The van der Waals surface area contributed by atoms with Crippen molar-refractivity contribution < 1.29 is 23.1 Å². The van der Waals surface area contributed by atoms with Gasteiger partial charge in [-0.1, -0.05) is 11.7 Å². The van der Waals surface area contributed by atoms with E-state index in [-0.39, 0.29) is 18.8 Å². The average Bonchev–Trinajstić information content (AvgIpc) is 3.52. The second kappa shape index (κ2) is 11.5. The van der Waals surface area contributed by atoms with E-state index >= 15 is 0 Å². The van der Waals surface area contributed by atoms with E-state index in [2.05, 4.69) is 21.6 Å². The van der Waals surface area contributed by atoms with Crippen LogP contribution in [0.1, 0.15) is 58.0 Å². The number of aromatic nitrogens is 3. The number of pyridine rings is 1. The number of rotatable bonds is 11. The lowest BCUT2D eigenvalue weighted by Gasteiger charge is -2.21. The SMILES string of the molecule is C=C(/C(C)=N\OC(C)C)c1cc2ncc3nc(CN4CCCC4)n(C(C)COC(F)F)c3c2cc1OC. The van der Waals surface area contributed by atoms with Crippen molar-refractivity contribution in [2.45, 2.75) is 65.8 Å². The number of oxime groups is 1. The maximum Gasteiger partial charge on any atom is 0.345 e. The topological polar surface area (TPSA) is 74.0 Å². The largest absolute Gasteiger partial charge is 0.496 e. The molecule has 0 radical (unpaired) electrons. The van der Waals surface area contributed by atoms with Crippen LogP contribution in [0.5, 0.6) is 5.75 Å². The van der Waals surface area contributed by atoms with E-state index in [1.807, 2.05) is 44.4 Å². The Morgan fingerprint density at radius 3 is 2.54 bits per heavy atom. The van der Waals surface area contributed by atoms with Gasteiger partial charge < -0.3 is 18.9 Å². The molecule has 1 aromatic carbocycles. The number of methoxy groups -OCH3 is 1. The van der Waals surface area contributed by atoms with Crippen LogP contribution in [-0.2, 0) is 16.1 Å². The molecule has 1 atom stereocenters. The van der Waals surface area contributed by atoms with Crippen molar-refractivity contribution in [3.63, 3.8) is 0 Å². The van der Waals surface area contributed by atoms with E-state index in [4.69, 9.17) is 19.3 Å². The van der Waals surface area contributed by atoms with E-state index in [0.29, 0.717) is 34.6 Å². The summed E-state index contributed by atoms with van der Waals surface area (Å²) in [6, 6.07) is 3.44. The average molecular weight is 516 g/mol. The number of ether oxygens (including phenoxy) is 2. The molecule has 200 valence electrons. The molecule has 0 N–H and O–H groups in total. The normalized spacial score (nSPS) is 15.9. The molecule has 1 unspecified atom stereocenters. The number of hydrogen-bond donors (Lipinski definition) is 0. The van der Waals surface area contributed by atoms with Gasteiger partial charge in [-0.05, 0) is 65.8 Å². The van der Waals surface area contributed by atoms with Gasteiger partial charge in [0.25, 0.3) is 0 Å². The van der Waals surface area contributed by atoms with Gasteiger partial charge >= 0.3 is 6.61 Å². The number of imidazole rings is 1. The van der Waals surface area contributed by atoms with E-state index in [9.17, 15) is 8.78 Å². The number of alkyl halides is 2. The van der Waals surface area contributed by atoms with Crippen molar-refractivity contribution >= 4 is 33.2 Å². The standard InChI is InChI=1S/C27H35F2N5O3/c1-16(2)37-32-19(5)18(4)20-11-22-21(12-24(20)35-6)26-23(13-30-22)31-25(14-33-9-7-8-10-33)34(26)17(3)15-36-27(28)29/h11-13,16-17,27H,4,7-10,14-15H2,1-3,5-6H3/b32-19-. The first-order chi connectivity index (χ1) is 17.7. The molecule has 1 aliphatic rings. The van der Waals surface area contributed by atoms with Gasteiger partial charge in [-0.3, -0.25) is 9.88 Å². The third-order valence-electron chi connectivity index (χ3n) is 6.54. The van der Waals surface area contributed by atoms with Gasteiger partial charge in [-0.25, -0.2) is 4.98 Å². The molecule has 0 spiro atoms. The summed E-state index contributed by atoms with van der Waals surface area (Å²) in [6.07, 6.45) is 3.96. The summed E-state index contributed by atoms with van der Waals surface area (Å²) in [7, 11) is 1.60. The first kappa shape index (κ1) is 26.9. The van der Waals surface area contributed by atoms with Crippen molar-refractivity contribution in [2.24, 2.45) is 5.16 Å². The van der Waals surface area contributed by atoms with Gasteiger partial charge in [0.2, 0.25) is 0 Å². The molecule has 8 nitrogen and oxygen atoms in total. The maximum absolute atomic E-state index is 12.9. The van der Waals surface area contributed by atoms with Gasteiger partial charge in [0, 0.05) is 16.5 Å². The van der Waals surface area contributed by atoms with Crippen LogP contribution in [0.25, 0.3) is 27.5 Å². The van der Waals surface area contributed by atoms with Crippen LogP contribution in [0.3, 0.4) is 0 Å². The lowest BCUT2D eigenvalue weighted by Crippen LogP contribution is -2.24. The highest BCUT2D eigenvalue weighted by Gasteiger charge is 2.24. The Bertz CT molecular complexity index is 1300. The van der Waals surface area contributed by atoms with Crippen molar-refractivity contribution in [3.05, 3.63) is 36.3 Å². The monoisotopic (exact) mass is 515 g/mol. The predicted octanol–water partition coefficient (Wildman–Crippen LogP) is 5.80. The molecule has 0 saturated carbocycles. The van der Waals surface area contributed by atoms with Crippen LogP contribution in [0.15, 0.2) is 30.1 Å². The minimum Gasteiger partial charge on any atom is -0.496 e. The van der Waals surface area contributed by atoms with E-state index in [1.165, 1.54) is 0 Å². The molecule has 2 aromatic heterocycles. The van der Waals surface area contributed by atoms with E-state index < -0.39 is 6.61 Å². The van der Waals surface area contributed by atoms with Gasteiger partial charge in [-0.2, -0.15) is 8.78 Å². The highest BCUT2D eigenvalue weighted by atomic mass is 19.3. The molecular formula is C27H35F2N5O3. The Hall–Kier alpha value is -3.11. The fourth-order valence-electron chi connectivity index (χ4n) is 4.70. The zero-order valence-electron chi connectivity index (χ0n) is 22.1. The molecule has 0 bridgehead atoms. The molecule has 10 heteroatoms. The van der Waals surface area contributed by atoms with Crippen molar-refractivity contribution in [2.75, 3.05) is 26.8 Å². The minimum atomic E-state index is -2.84. The molecule has 1 aliphatic heterocycles. The Balaban J connectivity index is 1.85. The van der Waals surface area contributed by atoms with Crippen molar-refractivity contribution in [1.82, 2.24) is 19.4 Å². The van der Waals surface area contributed by atoms with Crippen LogP contribution in [-0.4, -0.2) is 64.7 Å². The molecule has 1 saturated heterocycles. The Labute approximate surface area is 215 Å². The number of hydrogen-bond acceptors (Lipinski definition) is 7. The molecule has 3 aromatic rings. The Kier molecular flexibility index (Phi) is 8.39. The molecule has 0 aliphatic carbocycles. The van der Waals surface area contributed by atoms with Gasteiger partial charge in [0.1, 0.15) is 23.2 Å². The van der Waals surface area contributed by atoms with E-state index in [0.717, 1.165) is 48.2 Å².